The molecule has 2 unspecified atom stereocenters. The van der Waals surface area contributed by atoms with Gasteiger partial charge in [-0.25, -0.2) is 8.42 Å². The molecule has 6 nitrogen and oxygen atoms in total. The lowest BCUT2D eigenvalue weighted by molar-refractivity contribution is -0.126. The fourth-order valence-electron chi connectivity index (χ4n) is 1.42. The number of nitrogens with one attached hydrogen (secondary N) is 1. The Labute approximate surface area is 116 Å². The molecular formula is C11H21NO5S2. The summed E-state index contributed by atoms with van der Waals surface area (Å²) in [6.45, 7) is 4.98. The molecule has 0 aromatic rings. The Hall–Kier alpha value is -0.760. The van der Waals surface area contributed by atoms with Gasteiger partial charge in [-0.2, -0.15) is 0 Å². The quantitative estimate of drug-likeness (QED) is 0.652. The van der Waals surface area contributed by atoms with Gasteiger partial charge < -0.3 is 5.32 Å². The molecule has 1 N–H and O–H groups in total. The molecule has 1 amide bonds. The first-order valence-corrected chi connectivity index (χ1v) is 9.40. The van der Waals surface area contributed by atoms with Crippen molar-refractivity contribution in [2.45, 2.75) is 26.8 Å². The highest BCUT2D eigenvalue weighted by atomic mass is 32.2. The molecule has 0 aromatic carbocycles. The molecule has 0 radical (unpaired) electrons. The first-order valence-electron chi connectivity index (χ1n) is 5.85. The summed E-state index contributed by atoms with van der Waals surface area (Å²) in [4.78, 5) is 22.9. The van der Waals surface area contributed by atoms with Crippen molar-refractivity contribution in [2.24, 2.45) is 5.92 Å². The van der Waals surface area contributed by atoms with Crippen LogP contribution in [0.2, 0.25) is 0 Å². The van der Waals surface area contributed by atoms with Crippen LogP contribution in [0.3, 0.4) is 0 Å². The average molecular weight is 311 g/mol. The number of Topliss-reactive ketones (excluding diaryl/α,β-unsaturated/α-hetero) is 1. The van der Waals surface area contributed by atoms with Gasteiger partial charge in [-0.1, -0.05) is 13.8 Å². The van der Waals surface area contributed by atoms with Crippen LogP contribution in [0.1, 0.15) is 20.8 Å². The molecule has 0 bridgehead atoms. The molecule has 0 rings (SSSR count). The predicted molar refractivity (Wildman–Crippen MR) is 75.0 cm³/mol. The highest BCUT2D eigenvalue weighted by Gasteiger charge is 2.21. The van der Waals surface area contributed by atoms with Gasteiger partial charge in [0, 0.05) is 22.8 Å². The molecule has 0 aliphatic carbocycles. The second-order valence-electron chi connectivity index (χ2n) is 4.82. The highest BCUT2D eigenvalue weighted by molar-refractivity contribution is 7.92. The molecule has 19 heavy (non-hydrogen) atoms. The molecule has 8 heteroatoms. The van der Waals surface area contributed by atoms with Crippen LogP contribution in [0.4, 0.5) is 0 Å². The Kier molecular flexibility index (Phi) is 7.43. The lowest BCUT2D eigenvalue weighted by Crippen LogP contribution is -2.45. The summed E-state index contributed by atoms with van der Waals surface area (Å²) in [6, 6.07) is -0.598. The largest absolute Gasteiger partial charge is 0.345 e. The molecule has 0 aliphatic rings. The summed E-state index contributed by atoms with van der Waals surface area (Å²) in [6.07, 6.45) is 1.05. The lowest BCUT2D eigenvalue weighted by atomic mass is 10.0. The van der Waals surface area contributed by atoms with Crippen LogP contribution in [0.5, 0.6) is 0 Å². The van der Waals surface area contributed by atoms with Crippen molar-refractivity contribution in [3.63, 3.8) is 0 Å². The van der Waals surface area contributed by atoms with E-state index in [1.165, 1.54) is 6.92 Å². The molecule has 0 saturated heterocycles. The zero-order valence-corrected chi connectivity index (χ0v) is 13.3. The van der Waals surface area contributed by atoms with Crippen LogP contribution in [0.25, 0.3) is 0 Å². The van der Waals surface area contributed by atoms with E-state index in [2.05, 4.69) is 5.32 Å². The first-order chi connectivity index (χ1) is 8.53. The van der Waals surface area contributed by atoms with Gasteiger partial charge in [-0.3, -0.25) is 13.8 Å². The number of carbonyl (C=O) groups excluding carboxylic acids is 2. The van der Waals surface area contributed by atoms with Gasteiger partial charge in [0.05, 0.1) is 11.8 Å². The van der Waals surface area contributed by atoms with Crippen molar-refractivity contribution < 1.29 is 22.2 Å². The fraction of sp³-hybridized carbons (Fsp3) is 0.818. The van der Waals surface area contributed by atoms with Crippen molar-refractivity contribution in [1.29, 1.82) is 0 Å². The van der Waals surface area contributed by atoms with Crippen molar-refractivity contribution in [2.75, 3.05) is 23.5 Å². The Morgan fingerprint density at radius 2 is 1.79 bits per heavy atom. The third kappa shape index (κ3) is 8.88. The summed E-state index contributed by atoms with van der Waals surface area (Å²) < 4.78 is 33.3. The van der Waals surface area contributed by atoms with Gasteiger partial charge in [0.1, 0.15) is 15.6 Å². The standard InChI is InChI=1S/C11H21NO5S2/c1-8(2)11(9(3)13)12-10(14)7-18(15)5-6-19(4,16)17/h8,11H,5-7H2,1-4H3,(H,12,14). The minimum Gasteiger partial charge on any atom is -0.345 e. The summed E-state index contributed by atoms with van der Waals surface area (Å²) in [5.74, 6) is -1.28. The smallest absolute Gasteiger partial charge is 0.233 e. The van der Waals surface area contributed by atoms with E-state index in [4.69, 9.17) is 0 Å². The molecule has 0 aromatic heterocycles. The van der Waals surface area contributed by atoms with E-state index in [1.807, 2.05) is 0 Å². The van der Waals surface area contributed by atoms with Crippen LogP contribution >= 0.6 is 0 Å². The summed E-state index contributed by atoms with van der Waals surface area (Å²) >= 11 is 0. The molecule has 2 atom stereocenters. The van der Waals surface area contributed by atoms with Gasteiger partial charge in [-0.15, -0.1) is 0 Å². The zero-order valence-electron chi connectivity index (χ0n) is 11.6. The van der Waals surface area contributed by atoms with Crippen molar-refractivity contribution >= 4 is 32.3 Å². The molecule has 0 spiro atoms. The number of rotatable bonds is 8. The van der Waals surface area contributed by atoms with E-state index in [0.29, 0.717) is 0 Å². The van der Waals surface area contributed by atoms with E-state index in [0.717, 1.165) is 6.26 Å². The zero-order chi connectivity index (χ0) is 15.2. The predicted octanol–water partition coefficient (Wildman–Crippen LogP) is -0.490. The van der Waals surface area contributed by atoms with Gasteiger partial charge in [-0.05, 0) is 12.8 Å². The van der Waals surface area contributed by atoms with E-state index >= 15 is 0 Å². The molecule has 0 aliphatic heterocycles. The monoisotopic (exact) mass is 311 g/mol. The van der Waals surface area contributed by atoms with E-state index < -0.39 is 32.6 Å². The number of carbonyl (C=O) groups is 2. The second kappa shape index (κ2) is 7.74. The molecule has 112 valence electrons. The van der Waals surface area contributed by atoms with Crippen LogP contribution in [0, 0.1) is 5.92 Å². The van der Waals surface area contributed by atoms with E-state index in [1.54, 1.807) is 13.8 Å². The third-order valence-electron chi connectivity index (χ3n) is 2.40. The molecule has 0 saturated carbocycles. The van der Waals surface area contributed by atoms with Crippen molar-refractivity contribution in [3.05, 3.63) is 0 Å². The highest BCUT2D eigenvalue weighted by Crippen LogP contribution is 2.02. The third-order valence-corrected chi connectivity index (χ3v) is 4.84. The topological polar surface area (TPSA) is 97.4 Å². The number of sulfone groups is 1. The lowest BCUT2D eigenvalue weighted by Gasteiger charge is -2.19. The fourth-order valence-corrected chi connectivity index (χ4v) is 3.89. The number of amides is 1. The Morgan fingerprint density at radius 1 is 1.26 bits per heavy atom. The summed E-state index contributed by atoms with van der Waals surface area (Å²) in [5.41, 5.74) is 0. The molecular weight excluding hydrogens is 290 g/mol. The maximum atomic E-state index is 11.6. The first kappa shape index (κ1) is 18.2. The molecule has 0 fully saturated rings. The summed E-state index contributed by atoms with van der Waals surface area (Å²) in [5, 5.41) is 2.51. The van der Waals surface area contributed by atoms with Gasteiger partial charge in [0.2, 0.25) is 5.91 Å². The number of hydrogen-bond acceptors (Lipinski definition) is 5. The maximum Gasteiger partial charge on any atom is 0.233 e. The minimum absolute atomic E-state index is 0.0501. The summed E-state index contributed by atoms with van der Waals surface area (Å²) in [7, 11) is -4.73. The second-order valence-corrected chi connectivity index (χ2v) is 8.65. The normalized spacial score (nSPS) is 15.0. The number of ketones is 1. The van der Waals surface area contributed by atoms with Gasteiger partial charge >= 0.3 is 0 Å². The Balaban J connectivity index is 4.31. The SMILES string of the molecule is CC(=O)C(NC(=O)CS(=O)CCS(C)(=O)=O)C(C)C. The van der Waals surface area contributed by atoms with Gasteiger partial charge in [0.25, 0.3) is 0 Å². The van der Waals surface area contributed by atoms with Crippen molar-refractivity contribution in [1.82, 2.24) is 5.32 Å². The maximum absolute atomic E-state index is 11.6. The Bertz CT molecular complexity index is 456. The average Bonchev–Trinajstić information content (AvgIpc) is 2.21. The van der Waals surface area contributed by atoms with Crippen LogP contribution < -0.4 is 5.32 Å². The van der Waals surface area contributed by atoms with Gasteiger partial charge in [0.15, 0.2) is 5.78 Å². The van der Waals surface area contributed by atoms with Crippen LogP contribution in [-0.2, 0) is 30.2 Å². The van der Waals surface area contributed by atoms with Crippen LogP contribution in [0.15, 0.2) is 0 Å². The van der Waals surface area contributed by atoms with Crippen LogP contribution in [-0.4, -0.2) is 53.9 Å². The Morgan fingerprint density at radius 3 is 2.16 bits per heavy atom. The van der Waals surface area contributed by atoms with Crippen molar-refractivity contribution in [3.8, 4) is 0 Å². The molecule has 0 heterocycles. The minimum atomic E-state index is -3.18. The number of hydrogen-bond donors (Lipinski definition) is 1. The van der Waals surface area contributed by atoms with E-state index in [-0.39, 0.29) is 29.0 Å². The van der Waals surface area contributed by atoms with E-state index in [9.17, 15) is 22.2 Å².